The lowest BCUT2D eigenvalue weighted by molar-refractivity contribution is 0.414. The molecule has 4 heteroatoms. The van der Waals surface area contributed by atoms with Gasteiger partial charge in [0, 0.05) is 0 Å². The van der Waals surface area contributed by atoms with Crippen LogP contribution in [-0.2, 0) is 9.84 Å². The van der Waals surface area contributed by atoms with Gasteiger partial charge in [-0.05, 0) is 30.2 Å². The van der Waals surface area contributed by atoms with E-state index in [1.165, 1.54) is 0 Å². The summed E-state index contributed by atoms with van der Waals surface area (Å²) in [7, 11) is -1.59. The van der Waals surface area contributed by atoms with Gasteiger partial charge in [-0.2, -0.15) is 0 Å². The molecule has 1 atom stereocenters. The fourth-order valence-electron chi connectivity index (χ4n) is 1.37. The van der Waals surface area contributed by atoms with Gasteiger partial charge in [0.25, 0.3) is 0 Å². The minimum Gasteiger partial charge on any atom is -0.497 e. The van der Waals surface area contributed by atoms with E-state index in [2.05, 4.69) is 0 Å². The third-order valence-electron chi connectivity index (χ3n) is 2.62. The van der Waals surface area contributed by atoms with Crippen molar-refractivity contribution in [3.8, 4) is 5.75 Å². The fraction of sp³-hybridized carbons (Fsp3) is 0.500. The molecule has 90 valence electrons. The maximum atomic E-state index is 12.0. The molecule has 0 saturated heterocycles. The Morgan fingerprint density at radius 3 is 2.25 bits per heavy atom. The third kappa shape index (κ3) is 3.23. The smallest absolute Gasteiger partial charge is 0.178 e. The second-order valence-corrected chi connectivity index (χ2v) is 6.00. The number of sulfone groups is 1. The molecular weight excluding hydrogens is 224 g/mol. The van der Waals surface area contributed by atoms with E-state index in [4.69, 9.17) is 4.74 Å². The molecule has 0 heterocycles. The number of methoxy groups -OCH3 is 1. The first kappa shape index (κ1) is 13.0. The summed E-state index contributed by atoms with van der Waals surface area (Å²) in [6.45, 7) is 3.94. The lowest BCUT2D eigenvalue weighted by atomic mass is 10.2. The molecular formula is C12H18O3S. The zero-order valence-corrected chi connectivity index (χ0v) is 10.8. The number of ether oxygens (including phenoxy) is 1. The van der Waals surface area contributed by atoms with E-state index in [0.29, 0.717) is 10.6 Å². The topological polar surface area (TPSA) is 43.4 Å². The predicted molar refractivity (Wildman–Crippen MR) is 64.5 cm³/mol. The minimum atomic E-state index is -3.15. The van der Waals surface area contributed by atoms with Gasteiger partial charge in [0.05, 0.1) is 17.8 Å². The van der Waals surface area contributed by atoms with Crippen LogP contribution in [0, 0.1) is 5.92 Å². The first-order chi connectivity index (χ1) is 7.49. The molecule has 1 unspecified atom stereocenters. The highest BCUT2D eigenvalue weighted by molar-refractivity contribution is 7.91. The molecule has 0 amide bonds. The lowest BCUT2D eigenvalue weighted by Gasteiger charge is -2.09. The van der Waals surface area contributed by atoms with Crippen LogP contribution in [0.3, 0.4) is 0 Å². The SMILES string of the molecule is CCC(C)CS(=O)(=O)c1ccc(OC)cc1. The van der Waals surface area contributed by atoms with Crippen molar-refractivity contribution in [1.82, 2.24) is 0 Å². The van der Waals surface area contributed by atoms with Crippen LogP contribution in [0.5, 0.6) is 5.75 Å². The molecule has 0 N–H and O–H groups in total. The quantitative estimate of drug-likeness (QED) is 0.797. The normalized spacial score (nSPS) is 13.4. The summed E-state index contributed by atoms with van der Waals surface area (Å²) < 4.78 is 28.9. The Kier molecular flexibility index (Phi) is 4.35. The van der Waals surface area contributed by atoms with E-state index in [9.17, 15) is 8.42 Å². The van der Waals surface area contributed by atoms with Crippen molar-refractivity contribution in [3.05, 3.63) is 24.3 Å². The number of hydrogen-bond acceptors (Lipinski definition) is 3. The summed E-state index contributed by atoms with van der Waals surface area (Å²) in [5.41, 5.74) is 0. The van der Waals surface area contributed by atoms with E-state index >= 15 is 0 Å². The Morgan fingerprint density at radius 1 is 1.25 bits per heavy atom. The molecule has 0 radical (unpaired) electrons. The van der Waals surface area contributed by atoms with Crippen molar-refractivity contribution in [2.45, 2.75) is 25.2 Å². The molecule has 16 heavy (non-hydrogen) atoms. The average Bonchev–Trinajstić information content (AvgIpc) is 2.28. The average molecular weight is 242 g/mol. The van der Waals surface area contributed by atoms with E-state index in [-0.39, 0.29) is 11.7 Å². The molecule has 0 aliphatic carbocycles. The van der Waals surface area contributed by atoms with Crippen LogP contribution >= 0.6 is 0 Å². The Morgan fingerprint density at radius 2 is 1.81 bits per heavy atom. The minimum absolute atomic E-state index is 0.187. The fourth-order valence-corrected chi connectivity index (χ4v) is 3.10. The highest BCUT2D eigenvalue weighted by Crippen LogP contribution is 2.19. The number of hydrogen-bond donors (Lipinski definition) is 0. The molecule has 0 fully saturated rings. The molecule has 0 spiro atoms. The van der Waals surface area contributed by atoms with Crippen LogP contribution in [0.25, 0.3) is 0 Å². The van der Waals surface area contributed by atoms with E-state index in [1.807, 2.05) is 13.8 Å². The molecule has 0 aliphatic heterocycles. The lowest BCUT2D eigenvalue weighted by Crippen LogP contribution is -2.13. The van der Waals surface area contributed by atoms with Crippen molar-refractivity contribution in [1.29, 1.82) is 0 Å². The van der Waals surface area contributed by atoms with Gasteiger partial charge in [0.1, 0.15) is 5.75 Å². The summed E-state index contributed by atoms with van der Waals surface area (Å²) in [4.78, 5) is 0.369. The van der Waals surface area contributed by atoms with Crippen LogP contribution < -0.4 is 4.74 Å². The van der Waals surface area contributed by atoms with Crippen LogP contribution in [0.1, 0.15) is 20.3 Å². The van der Waals surface area contributed by atoms with Gasteiger partial charge in [-0.25, -0.2) is 8.42 Å². The van der Waals surface area contributed by atoms with Gasteiger partial charge >= 0.3 is 0 Å². The maximum absolute atomic E-state index is 12.0. The Hall–Kier alpha value is -1.03. The molecule has 3 nitrogen and oxygen atoms in total. The second-order valence-electron chi connectivity index (χ2n) is 3.97. The maximum Gasteiger partial charge on any atom is 0.178 e. The van der Waals surface area contributed by atoms with Gasteiger partial charge in [0.2, 0.25) is 0 Å². The van der Waals surface area contributed by atoms with Gasteiger partial charge in [0.15, 0.2) is 9.84 Å². The molecule has 0 aliphatic rings. The van der Waals surface area contributed by atoms with Crippen LogP contribution in [0.2, 0.25) is 0 Å². The zero-order valence-electron chi connectivity index (χ0n) is 9.93. The summed E-state index contributed by atoms with van der Waals surface area (Å²) >= 11 is 0. The van der Waals surface area contributed by atoms with Gasteiger partial charge < -0.3 is 4.74 Å². The van der Waals surface area contributed by atoms with Crippen LogP contribution in [-0.4, -0.2) is 21.3 Å². The zero-order chi connectivity index (χ0) is 12.2. The molecule has 1 aromatic rings. The summed E-state index contributed by atoms with van der Waals surface area (Å²) in [5.74, 6) is 1.06. The highest BCUT2D eigenvalue weighted by Gasteiger charge is 2.17. The largest absolute Gasteiger partial charge is 0.497 e. The molecule has 0 saturated carbocycles. The summed E-state index contributed by atoms with van der Waals surface area (Å²) in [6, 6.07) is 6.53. The Labute approximate surface area is 97.4 Å². The summed E-state index contributed by atoms with van der Waals surface area (Å²) in [5, 5.41) is 0. The predicted octanol–water partition coefficient (Wildman–Crippen LogP) is 2.52. The third-order valence-corrected chi connectivity index (χ3v) is 4.62. The van der Waals surface area contributed by atoms with Crippen LogP contribution in [0.4, 0.5) is 0 Å². The van der Waals surface area contributed by atoms with Crippen molar-refractivity contribution < 1.29 is 13.2 Å². The molecule has 0 bridgehead atoms. The van der Waals surface area contributed by atoms with Crippen molar-refractivity contribution in [3.63, 3.8) is 0 Å². The molecule has 0 aromatic heterocycles. The van der Waals surface area contributed by atoms with E-state index < -0.39 is 9.84 Å². The Balaban J connectivity index is 2.90. The van der Waals surface area contributed by atoms with Crippen LogP contribution in [0.15, 0.2) is 29.2 Å². The highest BCUT2D eigenvalue weighted by atomic mass is 32.2. The van der Waals surface area contributed by atoms with Gasteiger partial charge in [-0.3, -0.25) is 0 Å². The van der Waals surface area contributed by atoms with Gasteiger partial charge in [-0.1, -0.05) is 20.3 Å². The van der Waals surface area contributed by atoms with Gasteiger partial charge in [-0.15, -0.1) is 0 Å². The Bertz CT molecular complexity index is 420. The standard InChI is InChI=1S/C12H18O3S/c1-4-10(2)9-16(13,14)12-7-5-11(15-3)6-8-12/h5-8,10H,4,9H2,1-3H3. The monoisotopic (exact) mass is 242 g/mol. The first-order valence-electron chi connectivity index (χ1n) is 5.36. The summed E-state index contributed by atoms with van der Waals surface area (Å²) in [6.07, 6.45) is 0.870. The first-order valence-corrected chi connectivity index (χ1v) is 7.01. The van der Waals surface area contributed by atoms with E-state index in [0.717, 1.165) is 6.42 Å². The van der Waals surface area contributed by atoms with E-state index in [1.54, 1.807) is 31.4 Å². The molecule has 1 aromatic carbocycles. The number of benzene rings is 1. The molecule has 1 rings (SSSR count). The van der Waals surface area contributed by atoms with Crippen molar-refractivity contribution >= 4 is 9.84 Å². The number of rotatable bonds is 5. The van der Waals surface area contributed by atoms with Crippen molar-refractivity contribution in [2.24, 2.45) is 5.92 Å². The van der Waals surface area contributed by atoms with Crippen molar-refractivity contribution in [2.75, 3.05) is 12.9 Å². The second kappa shape index (κ2) is 5.34.